The predicted molar refractivity (Wildman–Crippen MR) is 105 cm³/mol. The smallest absolute Gasteiger partial charge is 0.325 e. The fourth-order valence-electron chi connectivity index (χ4n) is 3.91. The summed E-state index contributed by atoms with van der Waals surface area (Å²) in [4.78, 5) is 42.4. The number of likely N-dealkylation sites (N-methyl/N-ethyl adjacent to an activating group) is 1. The molecule has 2 aliphatic heterocycles. The third kappa shape index (κ3) is 3.11. The van der Waals surface area contributed by atoms with Crippen LogP contribution < -0.4 is 10.2 Å². The number of hydrogen-bond acceptors (Lipinski definition) is 3. The summed E-state index contributed by atoms with van der Waals surface area (Å²) >= 11 is 0. The van der Waals surface area contributed by atoms with Crippen molar-refractivity contribution in [2.45, 2.75) is 12.5 Å². The van der Waals surface area contributed by atoms with Gasteiger partial charge in [0.1, 0.15) is 12.1 Å². The number of benzene rings is 2. The number of imide groups is 1. The highest BCUT2D eigenvalue weighted by Gasteiger charge is 2.49. The summed E-state index contributed by atoms with van der Waals surface area (Å²) in [6, 6.07) is 13.1. The second-order valence-corrected chi connectivity index (χ2v) is 7.85. The van der Waals surface area contributed by atoms with Crippen LogP contribution in [0.1, 0.15) is 12.5 Å². The lowest BCUT2D eigenvalue weighted by atomic mass is 9.90. The molecule has 0 radical (unpaired) electrons. The van der Waals surface area contributed by atoms with E-state index in [0.29, 0.717) is 18.7 Å². The van der Waals surface area contributed by atoms with Crippen LogP contribution in [-0.4, -0.2) is 67.4 Å². The Bertz CT molecular complexity index is 952. The Balaban J connectivity index is 1.54. The van der Waals surface area contributed by atoms with Crippen LogP contribution in [0.25, 0.3) is 10.8 Å². The number of urea groups is 1. The first-order valence-corrected chi connectivity index (χ1v) is 9.61. The molecule has 4 amide bonds. The molecule has 28 heavy (non-hydrogen) atoms. The van der Waals surface area contributed by atoms with E-state index in [0.717, 1.165) is 28.8 Å². The number of fused-ring (bicyclic) bond motifs is 1. The van der Waals surface area contributed by atoms with Gasteiger partial charge < -0.3 is 15.1 Å². The Labute approximate surface area is 163 Å². The van der Waals surface area contributed by atoms with E-state index in [9.17, 15) is 14.4 Å². The summed E-state index contributed by atoms with van der Waals surface area (Å²) in [5.41, 5.74) is -0.462. The fraction of sp³-hybridized carbons (Fsp3) is 0.381. The molecule has 0 aromatic heterocycles. The second kappa shape index (κ2) is 6.91. The van der Waals surface area contributed by atoms with Gasteiger partial charge in [0.2, 0.25) is 5.91 Å². The normalized spacial score (nSPS) is 23.4. The van der Waals surface area contributed by atoms with Gasteiger partial charge in [0.15, 0.2) is 0 Å². The van der Waals surface area contributed by atoms with Crippen molar-refractivity contribution in [3.05, 3.63) is 48.0 Å². The second-order valence-electron chi connectivity index (χ2n) is 7.85. The van der Waals surface area contributed by atoms with Crippen molar-refractivity contribution in [3.63, 3.8) is 0 Å². The number of carbonyl (C=O) groups excluding carboxylic acids is 3. The fourth-order valence-corrected chi connectivity index (χ4v) is 3.91. The highest BCUT2D eigenvalue weighted by Crippen LogP contribution is 2.31. The van der Waals surface area contributed by atoms with E-state index < -0.39 is 11.6 Å². The maximum Gasteiger partial charge on any atom is 0.325 e. The Kier molecular flexibility index (Phi) is 4.55. The molecule has 7 nitrogen and oxygen atoms in total. The lowest BCUT2D eigenvalue weighted by Gasteiger charge is -2.31. The molecule has 2 saturated heterocycles. The van der Waals surface area contributed by atoms with Gasteiger partial charge >= 0.3 is 6.03 Å². The van der Waals surface area contributed by atoms with E-state index in [1.165, 1.54) is 4.90 Å². The first-order valence-electron chi connectivity index (χ1n) is 9.61. The van der Waals surface area contributed by atoms with Crippen LogP contribution in [0, 0.1) is 0 Å². The molecule has 146 valence electrons. The van der Waals surface area contributed by atoms with E-state index in [1.54, 1.807) is 11.8 Å². The molecule has 2 heterocycles. The zero-order chi connectivity index (χ0) is 19.9. The van der Waals surface area contributed by atoms with Crippen molar-refractivity contribution < 1.29 is 19.3 Å². The minimum atomic E-state index is -1.17. The maximum absolute atomic E-state index is 13.1. The van der Waals surface area contributed by atoms with E-state index in [-0.39, 0.29) is 18.4 Å². The summed E-state index contributed by atoms with van der Waals surface area (Å²) in [7, 11) is 2.09. The molecule has 2 aromatic rings. The van der Waals surface area contributed by atoms with E-state index >= 15 is 0 Å². The number of hydrogen-bond donors (Lipinski definition) is 2. The van der Waals surface area contributed by atoms with Crippen molar-refractivity contribution in [2.24, 2.45) is 0 Å². The third-order valence-corrected chi connectivity index (χ3v) is 5.86. The Morgan fingerprint density at radius 2 is 1.79 bits per heavy atom. The number of quaternary nitrogens is 1. The van der Waals surface area contributed by atoms with E-state index in [1.807, 2.05) is 42.5 Å². The Morgan fingerprint density at radius 1 is 1.11 bits per heavy atom. The molecule has 0 bridgehead atoms. The average molecular weight is 381 g/mol. The van der Waals surface area contributed by atoms with Gasteiger partial charge in [0.25, 0.3) is 5.91 Å². The summed E-state index contributed by atoms with van der Waals surface area (Å²) in [5, 5.41) is 4.85. The molecule has 0 spiro atoms. The minimum absolute atomic E-state index is 0.182. The van der Waals surface area contributed by atoms with Crippen LogP contribution in [0.4, 0.5) is 4.79 Å². The number of piperazine rings is 1. The van der Waals surface area contributed by atoms with Crippen molar-refractivity contribution in [3.8, 4) is 0 Å². The number of rotatable bonds is 3. The van der Waals surface area contributed by atoms with Crippen LogP contribution in [0.3, 0.4) is 0 Å². The lowest BCUT2D eigenvalue weighted by molar-refractivity contribution is -0.883. The summed E-state index contributed by atoms with van der Waals surface area (Å²) in [6.07, 6.45) is 0. The number of nitrogens with zero attached hydrogens (tertiary/aromatic N) is 2. The number of nitrogens with one attached hydrogen (secondary N) is 2. The summed E-state index contributed by atoms with van der Waals surface area (Å²) in [5.74, 6) is -0.570. The topological polar surface area (TPSA) is 74.2 Å². The van der Waals surface area contributed by atoms with Crippen LogP contribution in [0.15, 0.2) is 42.5 Å². The molecule has 7 heteroatoms. The zero-order valence-corrected chi connectivity index (χ0v) is 16.2. The minimum Gasteiger partial charge on any atom is -0.334 e. The molecule has 2 aliphatic rings. The summed E-state index contributed by atoms with van der Waals surface area (Å²) in [6.45, 7) is 4.53. The summed E-state index contributed by atoms with van der Waals surface area (Å²) < 4.78 is 0. The molecule has 1 atom stereocenters. The molecule has 0 unspecified atom stereocenters. The van der Waals surface area contributed by atoms with Gasteiger partial charge in [-0.2, -0.15) is 0 Å². The highest BCUT2D eigenvalue weighted by molar-refractivity contribution is 6.09. The molecule has 2 aromatic carbocycles. The van der Waals surface area contributed by atoms with Crippen LogP contribution >= 0.6 is 0 Å². The first kappa shape index (κ1) is 18.4. The number of carbonyl (C=O) groups is 3. The average Bonchev–Trinajstić information content (AvgIpc) is 2.92. The van der Waals surface area contributed by atoms with Gasteiger partial charge in [-0.05, 0) is 29.3 Å². The van der Waals surface area contributed by atoms with Gasteiger partial charge in [-0.1, -0.05) is 36.4 Å². The van der Waals surface area contributed by atoms with Crippen LogP contribution in [0.2, 0.25) is 0 Å². The van der Waals surface area contributed by atoms with Gasteiger partial charge in [-0.15, -0.1) is 0 Å². The largest absolute Gasteiger partial charge is 0.334 e. The Hall–Kier alpha value is -2.93. The first-order chi connectivity index (χ1) is 13.4. The standard InChI is InChI=1S/C21H24N4O3/c1-21(17-8-7-15-5-3-4-6-16(15)13-17)19(27)25(20(28)22-21)14-18(26)24-11-9-23(2)10-12-24/h3-8,13H,9-12,14H2,1-2H3,(H,22,28)/p+1/t21-/m0/s1. The van der Waals surface area contributed by atoms with Gasteiger partial charge in [0, 0.05) is 0 Å². The molecule has 4 rings (SSSR count). The third-order valence-electron chi connectivity index (χ3n) is 5.86. The van der Waals surface area contributed by atoms with E-state index in [2.05, 4.69) is 12.4 Å². The predicted octanol–water partition coefficient (Wildman–Crippen LogP) is -0.0363. The number of amides is 4. The van der Waals surface area contributed by atoms with Crippen molar-refractivity contribution >= 4 is 28.6 Å². The van der Waals surface area contributed by atoms with Gasteiger partial charge in [-0.25, -0.2) is 4.79 Å². The molecule has 2 N–H and O–H groups in total. The van der Waals surface area contributed by atoms with Crippen LogP contribution in [0.5, 0.6) is 0 Å². The maximum atomic E-state index is 13.1. The zero-order valence-electron chi connectivity index (χ0n) is 16.2. The Morgan fingerprint density at radius 3 is 2.50 bits per heavy atom. The molecule has 2 fully saturated rings. The highest BCUT2D eigenvalue weighted by atomic mass is 16.2. The molecular formula is C21H25N4O3+. The molecular weight excluding hydrogens is 356 g/mol. The monoisotopic (exact) mass is 381 g/mol. The lowest BCUT2D eigenvalue weighted by Crippen LogP contribution is -3.12. The van der Waals surface area contributed by atoms with Crippen molar-refractivity contribution in [2.75, 3.05) is 39.8 Å². The quantitative estimate of drug-likeness (QED) is 0.733. The van der Waals surface area contributed by atoms with Gasteiger partial charge in [-0.3, -0.25) is 14.5 Å². The van der Waals surface area contributed by atoms with Crippen LogP contribution in [-0.2, 0) is 15.1 Å². The van der Waals surface area contributed by atoms with Crippen molar-refractivity contribution in [1.29, 1.82) is 0 Å². The van der Waals surface area contributed by atoms with E-state index in [4.69, 9.17) is 0 Å². The van der Waals surface area contributed by atoms with Gasteiger partial charge in [0.05, 0.1) is 33.2 Å². The van der Waals surface area contributed by atoms with Crippen molar-refractivity contribution in [1.82, 2.24) is 15.1 Å². The SMILES string of the molecule is C[NH+]1CCN(C(=O)CN2C(=O)N[C@@](C)(c3ccc4ccccc4c3)C2=O)CC1. The molecule has 0 saturated carbocycles. The molecule has 0 aliphatic carbocycles.